The predicted octanol–water partition coefficient (Wildman–Crippen LogP) is 4.22. The van der Waals surface area contributed by atoms with Crippen LogP contribution in [0.25, 0.3) is 10.9 Å². The maximum atomic E-state index is 13.2. The Balaban J connectivity index is 0.00000243. The normalized spacial score (nSPS) is 11.2. The standard InChI is InChI=1S/C20H23FN4.HI/c1-2-22-20(23-11-10-15-6-5-8-17(21)12-15)24-14-18-13-16-7-3-4-9-19(16)25-18;/h3-9,12-13,25H,2,10-11,14H2,1H3,(H2,22,23,24);1H. The van der Waals surface area contributed by atoms with Crippen molar-refractivity contribution in [3.05, 3.63) is 71.7 Å². The molecule has 1 heterocycles. The minimum atomic E-state index is -0.197. The van der Waals surface area contributed by atoms with E-state index in [1.165, 1.54) is 11.5 Å². The summed E-state index contributed by atoms with van der Waals surface area (Å²) in [5.41, 5.74) is 3.17. The van der Waals surface area contributed by atoms with Crippen molar-refractivity contribution >= 4 is 40.8 Å². The molecule has 0 saturated heterocycles. The number of benzene rings is 2. The third kappa shape index (κ3) is 5.72. The molecular weight excluding hydrogens is 442 g/mol. The average molecular weight is 466 g/mol. The monoisotopic (exact) mass is 466 g/mol. The Labute approximate surface area is 170 Å². The summed E-state index contributed by atoms with van der Waals surface area (Å²) in [7, 11) is 0. The molecule has 0 atom stereocenters. The van der Waals surface area contributed by atoms with Gasteiger partial charge in [-0.05, 0) is 48.6 Å². The first kappa shape index (κ1) is 20.2. The second kappa shape index (κ2) is 10.2. The van der Waals surface area contributed by atoms with Gasteiger partial charge in [0.25, 0.3) is 0 Å². The largest absolute Gasteiger partial charge is 0.357 e. The van der Waals surface area contributed by atoms with Crippen molar-refractivity contribution in [2.45, 2.75) is 19.9 Å². The Kier molecular flexibility index (Phi) is 7.90. The maximum absolute atomic E-state index is 13.2. The fraction of sp³-hybridized carbons (Fsp3) is 0.250. The molecule has 0 saturated carbocycles. The minimum absolute atomic E-state index is 0. The molecule has 2 aromatic carbocycles. The van der Waals surface area contributed by atoms with Gasteiger partial charge < -0.3 is 15.6 Å². The summed E-state index contributed by atoms with van der Waals surface area (Å²) in [5, 5.41) is 7.72. The quantitative estimate of drug-likeness (QED) is 0.290. The topological polar surface area (TPSA) is 52.2 Å². The van der Waals surface area contributed by atoms with E-state index in [2.05, 4.69) is 38.8 Å². The van der Waals surface area contributed by atoms with Crippen molar-refractivity contribution in [1.82, 2.24) is 15.6 Å². The van der Waals surface area contributed by atoms with Gasteiger partial charge in [0.1, 0.15) is 5.82 Å². The summed E-state index contributed by atoms with van der Waals surface area (Å²) in [6, 6.07) is 17.0. The highest BCUT2D eigenvalue weighted by molar-refractivity contribution is 14.0. The highest BCUT2D eigenvalue weighted by atomic mass is 127. The lowest BCUT2D eigenvalue weighted by Crippen LogP contribution is -2.38. The Morgan fingerprint density at radius 1 is 1.08 bits per heavy atom. The molecule has 3 rings (SSSR count). The van der Waals surface area contributed by atoms with Gasteiger partial charge in [0.2, 0.25) is 0 Å². The summed E-state index contributed by atoms with van der Waals surface area (Å²) >= 11 is 0. The number of aromatic amines is 1. The van der Waals surface area contributed by atoms with Crippen molar-refractivity contribution in [3.8, 4) is 0 Å². The molecule has 0 spiro atoms. The predicted molar refractivity (Wildman–Crippen MR) is 117 cm³/mol. The van der Waals surface area contributed by atoms with E-state index in [0.717, 1.165) is 35.7 Å². The van der Waals surface area contributed by atoms with Crippen LogP contribution in [0.1, 0.15) is 18.2 Å². The van der Waals surface area contributed by atoms with Crippen LogP contribution < -0.4 is 10.6 Å². The van der Waals surface area contributed by atoms with Gasteiger partial charge in [0.05, 0.1) is 6.54 Å². The van der Waals surface area contributed by atoms with Gasteiger partial charge in [0, 0.05) is 24.3 Å². The van der Waals surface area contributed by atoms with Gasteiger partial charge in [-0.3, -0.25) is 0 Å². The minimum Gasteiger partial charge on any atom is -0.357 e. The molecule has 1 aromatic heterocycles. The van der Waals surface area contributed by atoms with Crippen LogP contribution >= 0.6 is 24.0 Å². The van der Waals surface area contributed by atoms with Crippen LogP contribution in [0.2, 0.25) is 0 Å². The Morgan fingerprint density at radius 2 is 1.92 bits per heavy atom. The van der Waals surface area contributed by atoms with Crippen LogP contribution in [0, 0.1) is 5.82 Å². The van der Waals surface area contributed by atoms with Gasteiger partial charge in [-0.2, -0.15) is 0 Å². The van der Waals surface area contributed by atoms with E-state index >= 15 is 0 Å². The van der Waals surface area contributed by atoms with Crippen molar-refractivity contribution < 1.29 is 4.39 Å². The fourth-order valence-electron chi connectivity index (χ4n) is 2.74. The van der Waals surface area contributed by atoms with E-state index in [-0.39, 0.29) is 29.8 Å². The first-order chi connectivity index (χ1) is 12.2. The molecule has 0 unspecified atom stereocenters. The molecule has 0 amide bonds. The lowest BCUT2D eigenvalue weighted by atomic mass is 10.1. The maximum Gasteiger partial charge on any atom is 0.191 e. The molecule has 3 aromatic rings. The van der Waals surface area contributed by atoms with E-state index in [9.17, 15) is 4.39 Å². The highest BCUT2D eigenvalue weighted by Crippen LogP contribution is 2.15. The van der Waals surface area contributed by atoms with E-state index in [1.807, 2.05) is 25.1 Å². The van der Waals surface area contributed by atoms with Crippen molar-refractivity contribution in [2.24, 2.45) is 4.99 Å². The molecule has 0 aliphatic heterocycles. The second-order valence-corrected chi connectivity index (χ2v) is 5.88. The van der Waals surface area contributed by atoms with Crippen molar-refractivity contribution in [2.75, 3.05) is 13.1 Å². The summed E-state index contributed by atoms with van der Waals surface area (Å²) in [6.45, 7) is 4.09. The summed E-state index contributed by atoms with van der Waals surface area (Å²) in [4.78, 5) is 7.99. The second-order valence-electron chi connectivity index (χ2n) is 5.88. The first-order valence-electron chi connectivity index (χ1n) is 8.58. The molecule has 6 heteroatoms. The zero-order valence-electron chi connectivity index (χ0n) is 14.8. The Hall–Kier alpha value is -2.09. The van der Waals surface area contributed by atoms with Crippen LogP contribution in [0.5, 0.6) is 0 Å². The number of hydrogen-bond acceptors (Lipinski definition) is 1. The average Bonchev–Trinajstić information content (AvgIpc) is 3.03. The number of nitrogens with one attached hydrogen (secondary N) is 3. The van der Waals surface area contributed by atoms with Gasteiger partial charge in [-0.15, -0.1) is 24.0 Å². The number of H-pyrrole nitrogens is 1. The molecule has 4 nitrogen and oxygen atoms in total. The van der Waals surface area contributed by atoms with Crippen LogP contribution in [0.3, 0.4) is 0 Å². The van der Waals surface area contributed by atoms with Gasteiger partial charge in [0.15, 0.2) is 5.96 Å². The van der Waals surface area contributed by atoms with Crippen LogP contribution in [0.4, 0.5) is 4.39 Å². The van der Waals surface area contributed by atoms with Crippen LogP contribution in [0.15, 0.2) is 59.6 Å². The lowest BCUT2D eigenvalue weighted by Gasteiger charge is -2.11. The van der Waals surface area contributed by atoms with Crippen LogP contribution in [-0.2, 0) is 13.0 Å². The van der Waals surface area contributed by atoms with Gasteiger partial charge >= 0.3 is 0 Å². The Bertz CT molecular complexity index is 827. The van der Waals surface area contributed by atoms with Crippen molar-refractivity contribution in [1.29, 1.82) is 0 Å². The van der Waals surface area contributed by atoms with E-state index in [4.69, 9.17) is 0 Å². The molecule has 0 aliphatic carbocycles. The van der Waals surface area contributed by atoms with E-state index < -0.39 is 0 Å². The SMILES string of the molecule is CCNC(=NCc1cc2ccccc2[nH]1)NCCc1cccc(F)c1.I. The molecule has 0 aliphatic rings. The van der Waals surface area contributed by atoms with Gasteiger partial charge in [-0.1, -0.05) is 30.3 Å². The van der Waals surface area contributed by atoms with Crippen LogP contribution in [-0.4, -0.2) is 24.0 Å². The van der Waals surface area contributed by atoms with Crippen molar-refractivity contribution in [3.63, 3.8) is 0 Å². The number of rotatable bonds is 6. The molecule has 0 fully saturated rings. The molecule has 138 valence electrons. The number of nitrogens with zero attached hydrogens (tertiary/aromatic N) is 1. The number of aromatic nitrogens is 1. The number of guanidine groups is 1. The summed E-state index contributed by atoms with van der Waals surface area (Å²) < 4.78 is 13.2. The third-order valence-electron chi connectivity index (χ3n) is 3.93. The molecule has 3 N–H and O–H groups in total. The number of fused-ring (bicyclic) bond motifs is 1. The number of halogens is 2. The number of para-hydroxylation sites is 1. The number of aliphatic imine (C=N–C) groups is 1. The first-order valence-corrected chi connectivity index (χ1v) is 8.58. The highest BCUT2D eigenvalue weighted by Gasteiger charge is 2.02. The summed E-state index contributed by atoms with van der Waals surface area (Å²) in [6.07, 6.45) is 0.745. The number of hydrogen-bond donors (Lipinski definition) is 3. The zero-order valence-corrected chi connectivity index (χ0v) is 17.1. The molecular formula is C20H24FIN4. The summed E-state index contributed by atoms with van der Waals surface area (Å²) in [5.74, 6) is 0.564. The molecule has 26 heavy (non-hydrogen) atoms. The van der Waals surface area contributed by atoms with Gasteiger partial charge in [-0.25, -0.2) is 9.38 Å². The van der Waals surface area contributed by atoms with E-state index in [0.29, 0.717) is 13.1 Å². The third-order valence-corrected chi connectivity index (χ3v) is 3.93. The van der Waals surface area contributed by atoms with E-state index in [1.54, 1.807) is 12.1 Å². The fourth-order valence-corrected chi connectivity index (χ4v) is 2.74. The zero-order chi connectivity index (χ0) is 17.5. The molecule has 0 radical (unpaired) electrons. The smallest absolute Gasteiger partial charge is 0.191 e. The lowest BCUT2D eigenvalue weighted by molar-refractivity contribution is 0.625. The molecule has 0 bridgehead atoms. The Morgan fingerprint density at radius 3 is 2.69 bits per heavy atom.